The van der Waals surface area contributed by atoms with Gasteiger partial charge in [-0.15, -0.1) is 0 Å². The molecule has 0 unspecified atom stereocenters. The average molecular weight is 232 g/mol. The lowest BCUT2D eigenvalue weighted by Crippen LogP contribution is -1.90. The summed E-state index contributed by atoms with van der Waals surface area (Å²) in [5, 5.41) is 3.95. The molecule has 0 aliphatic carbocycles. The van der Waals surface area contributed by atoms with Crippen molar-refractivity contribution >= 4 is 11.9 Å². The van der Waals surface area contributed by atoms with Crippen LogP contribution in [0.1, 0.15) is 5.56 Å². The van der Waals surface area contributed by atoms with Gasteiger partial charge in [0.1, 0.15) is 11.6 Å². The molecule has 0 saturated heterocycles. The van der Waals surface area contributed by atoms with Gasteiger partial charge in [-0.1, -0.05) is 12.1 Å². The van der Waals surface area contributed by atoms with Crippen LogP contribution in [0.2, 0.25) is 0 Å². The highest BCUT2D eigenvalue weighted by Crippen LogP contribution is 2.08. The van der Waals surface area contributed by atoms with E-state index in [1.54, 1.807) is 30.5 Å². The lowest BCUT2D eigenvalue weighted by Gasteiger charge is -1.99. The van der Waals surface area contributed by atoms with Gasteiger partial charge in [-0.05, 0) is 42.0 Å². The van der Waals surface area contributed by atoms with Crippen LogP contribution in [0.3, 0.4) is 0 Å². The summed E-state index contributed by atoms with van der Waals surface area (Å²) in [6, 6.07) is 11.8. The van der Waals surface area contributed by atoms with Crippen LogP contribution in [0.25, 0.3) is 0 Å². The third-order valence-electron chi connectivity index (χ3n) is 2.12. The Balaban J connectivity index is 1.97. The topological polar surface area (TPSA) is 24.4 Å². The largest absolute Gasteiger partial charge is 0.279 e. The van der Waals surface area contributed by atoms with Crippen LogP contribution in [0, 0.1) is 11.6 Å². The number of halogens is 2. The highest BCUT2D eigenvalue weighted by Gasteiger charge is 1.91. The first kappa shape index (κ1) is 11.3. The number of nitrogens with one attached hydrogen (secondary N) is 1. The molecule has 2 aromatic rings. The van der Waals surface area contributed by atoms with Crippen molar-refractivity contribution in [3.8, 4) is 0 Å². The van der Waals surface area contributed by atoms with Crippen LogP contribution in [0.15, 0.2) is 53.6 Å². The van der Waals surface area contributed by atoms with Gasteiger partial charge in [-0.2, -0.15) is 5.10 Å². The summed E-state index contributed by atoms with van der Waals surface area (Å²) in [7, 11) is 0. The maximum atomic E-state index is 12.6. The maximum Gasteiger partial charge on any atom is 0.123 e. The van der Waals surface area contributed by atoms with Gasteiger partial charge >= 0.3 is 0 Å². The van der Waals surface area contributed by atoms with E-state index in [9.17, 15) is 8.78 Å². The lowest BCUT2D eigenvalue weighted by atomic mass is 10.2. The fraction of sp³-hybridized carbons (Fsp3) is 0. The number of hydrogen-bond acceptors (Lipinski definition) is 2. The summed E-state index contributed by atoms with van der Waals surface area (Å²) in [6.07, 6.45) is 1.56. The molecule has 0 aliphatic heterocycles. The molecular weight excluding hydrogens is 222 g/mol. The Kier molecular flexibility index (Phi) is 3.45. The standard InChI is InChI=1S/C13H10F2N2/c14-11-3-1-10(2-4-11)9-16-17-13-7-5-12(15)6-8-13/h1-9,17H/b16-9-. The molecule has 0 aromatic heterocycles. The van der Waals surface area contributed by atoms with Crippen LogP contribution in [0.5, 0.6) is 0 Å². The van der Waals surface area contributed by atoms with Gasteiger partial charge in [-0.25, -0.2) is 8.78 Å². The molecule has 0 amide bonds. The monoisotopic (exact) mass is 232 g/mol. The predicted molar refractivity (Wildman–Crippen MR) is 64.0 cm³/mol. The zero-order valence-corrected chi connectivity index (χ0v) is 8.90. The first-order chi connectivity index (χ1) is 8.24. The average Bonchev–Trinajstić information content (AvgIpc) is 2.34. The molecule has 1 N–H and O–H groups in total. The Morgan fingerprint density at radius 2 is 1.35 bits per heavy atom. The Labute approximate surface area is 97.6 Å². The van der Waals surface area contributed by atoms with Crippen molar-refractivity contribution in [1.29, 1.82) is 0 Å². The van der Waals surface area contributed by atoms with Crippen LogP contribution in [-0.4, -0.2) is 6.21 Å². The van der Waals surface area contributed by atoms with Crippen molar-refractivity contribution in [2.24, 2.45) is 5.10 Å². The summed E-state index contributed by atoms with van der Waals surface area (Å²) in [6.45, 7) is 0. The number of benzene rings is 2. The zero-order valence-electron chi connectivity index (χ0n) is 8.90. The Bertz CT molecular complexity index is 504. The van der Waals surface area contributed by atoms with Crippen molar-refractivity contribution in [2.45, 2.75) is 0 Å². The van der Waals surface area contributed by atoms with Crippen molar-refractivity contribution in [3.05, 3.63) is 65.7 Å². The second kappa shape index (κ2) is 5.21. The second-order valence-corrected chi connectivity index (χ2v) is 3.43. The summed E-state index contributed by atoms with van der Waals surface area (Å²) >= 11 is 0. The molecule has 86 valence electrons. The summed E-state index contributed by atoms with van der Waals surface area (Å²) in [5.74, 6) is -0.577. The van der Waals surface area contributed by atoms with Crippen LogP contribution >= 0.6 is 0 Å². The van der Waals surface area contributed by atoms with Crippen molar-refractivity contribution in [2.75, 3.05) is 5.43 Å². The van der Waals surface area contributed by atoms with Crippen LogP contribution in [0.4, 0.5) is 14.5 Å². The number of hydrazone groups is 1. The Hall–Kier alpha value is -2.23. The first-order valence-corrected chi connectivity index (χ1v) is 5.04. The summed E-state index contributed by atoms with van der Waals surface area (Å²) in [5.41, 5.74) is 4.21. The minimum absolute atomic E-state index is 0.284. The molecule has 2 nitrogen and oxygen atoms in total. The molecule has 0 radical (unpaired) electrons. The molecule has 17 heavy (non-hydrogen) atoms. The molecule has 0 aliphatic rings. The van der Waals surface area contributed by atoms with Crippen molar-refractivity contribution in [1.82, 2.24) is 0 Å². The van der Waals surface area contributed by atoms with Crippen LogP contribution < -0.4 is 5.43 Å². The van der Waals surface area contributed by atoms with E-state index in [0.717, 1.165) is 5.56 Å². The van der Waals surface area contributed by atoms with E-state index in [-0.39, 0.29) is 11.6 Å². The van der Waals surface area contributed by atoms with Gasteiger partial charge in [0, 0.05) is 0 Å². The fourth-order valence-corrected chi connectivity index (χ4v) is 1.25. The molecular formula is C13H10F2N2. The molecule has 0 fully saturated rings. The van der Waals surface area contributed by atoms with E-state index >= 15 is 0 Å². The van der Waals surface area contributed by atoms with E-state index in [2.05, 4.69) is 10.5 Å². The lowest BCUT2D eigenvalue weighted by molar-refractivity contribution is 0.627. The van der Waals surface area contributed by atoms with E-state index in [1.807, 2.05) is 0 Å². The van der Waals surface area contributed by atoms with E-state index < -0.39 is 0 Å². The van der Waals surface area contributed by atoms with E-state index in [0.29, 0.717) is 5.69 Å². The summed E-state index contributed by atoms with van der Waals surface area (Å²) in [4.78, 5) is 0. The fourth-order valence-electron chi connectivity index (χ4n) is 1.25. The molecule has 0 atom stereocenters. The minimum atomic E-state index is -0.293. The van der Waals surface area contributed by atoms with E-state index in [4.69, 9.17) is 0 Å². The molecule has 0 bridgehead atoms. The van der Waals surface area contributed by atoms with Gasteiger partial charge in [0.15, 0.2) is 0 Å². The molecule has 0 heterocycles. The normalized spacial score (nSPS) is 10.7. The highest BCUT2D eigenvalue weighted by molar-refractivity contribution is 5.80. The minimum Gasteiger partial charge on any atom is -0.279 e. The third-order valence-corrected chi connectivity index (χ3v) is 2.12. The molecule has 0 spiro atoms. The number of hydrogen-bond donors (Lipinski definition) is 1. The molecule has 2 aromatic carbocycles. The smallest absolute Gasteiger partial charge is 0.123 e. The Morgan fingerprint density at radius 3 is 1.94 bits per heavy atom. The SMILES string of the molecule is Fc1ccc(/C=N\Nc2ccc(F)cc2)cc1. The summed E-state index contributed by atoms with van der Waals surface area (Å²) < 4.78 is 25.2. The van der Waals surface area contributed by atoms with Crippen LogP contribution in [-0.2, 0) is 0 Å². The van der Waals surface area contributed by atoms with E-state index in [1.165, 1.54) is 24.3 Å². The highest BCUT2D eigenvalue weighted by atomic mass is 19.1. The molecule has 2 rings (SSSR count). The third kappa shape index (κ3) is 3.38. The van der Waals surface area contributed by atoms with Crippen molar-refractivity contribution in [3.63, 3.8) is 0 Å². The van der Waals surface area contributed by atoms with Gasteiger partial charge in [0.2, 0.25) is 0 Å². The second-order valence-electron chi connectivity index (χ2n) is 3.43. The van der Waals surface area contributed by atoms with Gasteiger partial charge in [0.05, 0.1) is 11.9 Å². The number of nitrogens with zero attached hydrogens (tertiary/aromatic N) is 1. The molecule has 4 heteroatoms. The van der Waals surface area contributed by atoms with Gasteiger partial charge in [-0.3, -0.25) is 5.43 Å². The maximum absolute atomic E-state index is 12.6. The zero-order chi connectivity index (χ0) is 12.1. The molecule has 0 saturated carbocycles. The van der Waals surface area contributed by atoms with Crippen molar-refractivity contribution < 1.29 is 8.78 Å². The first-order valence-electron chi connectivity index (χ1n) is 5.04. The predicted octanol–water partition coefficient (Wildman–Crippen LogP) is 3.41. The number of anilines is 1. The quantitative estimate of drug-likeness (QED) is 0.636. The van der Waals surface area contributed by atoms with Gasteiger partial charge in [0.25, 0.3) is 0 Å². The Morgan fingerprint density at radius 1 is 0.824 bits per heavy atom. The van der Waals surface area contributed by atoms with Gasteiger partial charge < -0.3 is 0 Å². The number of rotatable bonds is 3.